The molecule has 0 saturated carbocycles. The lowest BCUT2D eigenvalue weighted by molar-refractivity contribution is 0.489. The molecular weight excluding hydrogens is 324 g/mol. The van der Waals surface area contributed by atoms with Crippen LogP contribution in [0.15, 0.2) is 53.1 Å². The molecule has 3 heterocycles. The number of aromatic amines is 1. The Balaban J connectivity index is 1.73. The van der Waals surface area contributed by atoms with Crippen molar-refractivity contribution < 1.29 is 4.42 Å². The number of rotatable bonds is 4. The van der Waals surface area contributed by atoms with Crippen molar-refractivity contribution in [2.24, 2.45) is 0 Å². The Hall–Kier alpha value is -3.52. The van der Waals surface area contributed by atoms with Gasteiger partial charge in [0, 0.05) is 11.4 Å². The summed E-state index contributed by atoms with van der Waals surface area (Å²) in [6.45, 7) is 4.78. The number of nitriles is 1. The van der Waals surface area contributed by atoms with Gasteiger partial charge in [-0.3, -0.25) is 0 Å². The van der Waals surface area contributed by atoms with Crippen LogP contribution in [0.4, 0.5) is 0 Å². The Morgan fingerprint density at radius 3 is 2.85 bits per heavy atom. The number of hydrogen-bond donors (Lipinski definition) is 1. The van der Waals surface area contributed by atoms with Crippen molar-refractivity contribution in [1.82, 2.24) is 14.5 Å². The Morgan fingerprint density at radius 2 is 2.12 bits per heavy atom. The van der Waals surface area contributed by atoms with Crippen molar-refractivity contribution >= 4 is 22.7 Å². The molecule has 1 N–H and O–H groups in total. The summed E-state index contributed by atoms with van der Waals surface area (Å²) in [6.07, 6.45) is 3.57. The largest absolute Gasteiger partial charge is 0.467 e. The molecule has 0 aliphatic rings. The first-order valence-corrected chi connectivity index (χ1v) is 8.42. The van der Waals surface area contributed by atoms with Gasteiger partial charge in [0.25, 0.3) is 0 Å². The molecule has 26 heavy (non-hydrogen) atoms. The minimum atomic E-state index is 0.513. The molecule has 4 aromatic rings. The number of fused-ring (bicyclic) bond motifs is 1. The molecule has 0 aliphatic heterocycles. The van der Waals surface area contributed by atoms with E-state index in [2.05, 4.69) is 40.5 Å². The van der Waals surface area contributed by atoms with Crippen LogP contribution >= 0.6 is 0 Å². The van der Waals surface area contributed by atoms with Crippen molar-refractivity contribution in [2.75, 3.05) is 0 Å². The smallest absolute Gasteiger partial charge is 0.149 e. The molecule has 5 heteroatoms. The van der Waals surface area contributed by atoms with Gasteiger partial charge in [-0.25, -0.2) is 4.98 Å². The number of para-hydroxylation sites is 2. The maximum absolute atomic E-state index is 9.64. The monoisotopic (exact) mass is 342 g/mol. The average Bonchev–Trinajstić information content (AvgIpc) is 3.35. The molecule has 0 aliphatic carbocycles. The van der Waals surface area contributed by atoms with E-state index in [-0.39, 0.29) is 0 Å². The number of nitrogens with one attached hydrogen (secondary N) is 1. The van der Waals surface area contributed by atoms with Gasteiger partial charge in [-0.2, -0.15) is 5.26 Å². The zero-order chi connectivity index (χ0) is 18.1. The van der Waals surface area contributed by atoms with Crippen LogP contribution in [0.1, 0.15) is 28.5 Å². The summed E-state index contributed by atoms with van der Waals surface area (Å²) < 4.78 is 7.64. The van der Waals surface area contributed by atoms with Crippen LogP contribution in [0.5, 0.6) is 0 Å². The van der Waals surface area contributed by atoms with Crippen LogP contribution in [0.2, 0.25) is 0 Å². The lowest BCUT2D eigenvalue weighted by atomic mass is 10.1. The van der Waals surface area contributed by atoms with E-state index in [1.807, 2.05) is 42.5 Å². The molecular formula is C21H18N4O. The number of benzene rings is 1. The van der Waals surface area contributed by atoms with E-state index < -0.39 is 0 Å². The average molecular weight is 342 g/mol. The lowest BCUT2D eigenvalue weighted by Gasteiger charge is -2.07. The Morgan fingerprint density at radius 1 is 1.27 bits per heavy atom. The molecule has 0 radical (unpaired) electrons. The van der Waals surface area contributed by atoms with E-state index in [4.69, 9.17) is 4.42 Å². The zero-order valence-corrected chi connectivity index (χ0v) is 14.7. The predicted molar refractivity (Wildman–Crippen MR) is 101 cm³/mol. The van der Waals surface area contributed by atoms with E-state index in [1.54, 1.807) is 6.26 Å². The molecule has 128 valence electrons. The first kappa shape index (κ1) is 16.0. The third-order valence-electron chi connectivity index (χ3n) is 4.57. The first-order chi connectivity index (χ1) is 12.7. The maximum atomic E-state index is 9.64. The predicted octanol–water partition coefficient (Wildman–Crippen LogP) is 4.69. The summed E-state index contributed by atoms with van der Waals surface area (Å²) in [6, 6.07) is 16.0. The summed E-state index contributed by atoms with van der Waals surface area (Å²) in [5, 5.41) is 9.64. The lowest BCUT2D eigenvalue weighted by Crippen LogP contribution is -2.02. The highest BCUT2D eigenvalue weighted by Gasteiger charge is 2.12. The van der Waals surface area contributed by atoms with Crippen molar-refractivity contribution in [2.45, 2.75) is 20.4 Å². The highest BCUT2D eigenvalue weighted by atomic mass is 16.3. The van der Waals surface area contributed by atoms with Crippen LogP contribution in [0.25, 0.3) is 22.7 Å². The van der Waals surface area contributed by atoms with Gasteiger partial charge in [-0.05, 0) is 55.8 Å². The molecule has 0 bridgehead atoms. The van der Waals surface area contributed by atoms with Crippen molar-refractivity contribution in [1.29, 1.82) is 5.26 Å². The van der Waals surface area contributed by atoms with Crippen LogP contribution < -0.4 is 0 Å². The molecule has 5 nitrogen and oxygen atoms in total. The third kappa shape index (κ3) is 2.82. The van der Waals surface area contributed by atoms with Crippen LogP contribution in [-0.4, -0.2) is 14.5 Å². The summed E-state index contributed by atoms with van der Waals surface area (Å²) >= 11 is 0. The van der Waals surface area contributed by atoms with E-state index in [0.29, 0.717) is 17.9 Å². The van der Waals surface area contributed by atoms with Gasteiger partial charge < -0.3 is 14.0 Å². The summed E-state index contributed by atoms with van der Waals surface area (Å²) in [7, 11) is 0. The number of imidazole rings is 1. The van der Waals surface area contributed by atoms with Crippen LogP contribution in [-0.2, 0) is 6.54 Å². The highest BCUT2D eigenvalue weighted by Crippen LogP contribution is 2.23. The molecule has 0 unspecified atom stereocenters. The van der Waals surface area contributed by atoms with E-state index in [9.17, 15) is 5.26 Å². The summed E-state index contributed by atoms with van der Waals surface area (Å²) in [4.78, 5) is 7.75. The number of aromatic nitrogens is 3. The Labute approximate surface area is 151 Å². The first-order valence-electron chi connectivity index (χ1n) is 8.42. The van der Waals surface area contributed by atoms with Gasteiger partial charge in [0.15, 0.2) is 0 Å². The molecule has 0 spiro atoms. The van der Waals surface area contributed by atoms with Gasteiger partial charge in [0.05, 0.1) is 29.4 Å². The third-order valence-corrected chi connectivity index (χ3v) is 4.57. The van der Waals surface area contributed by atoms with Gasteiger partial charge >= 0.3 is 0 Å². The van der Waals surface area contributed by atoms with Gasteiger partial charge in [0.2, 0.25) is 0 Å². The molecule has 3 aromatic heterocycles. The minimum absolute atomic E-state index is 0.513. The summed E-state index contributed by atoms with van der Waals surface area (Å²) in [5.41, 5.74) is 5.50. The van der Waals surface area contributed by atoms with E-state index >= 15 is 0 Å². The quantitative estimate of drug-likeness (QED) is 0.547. The number of hydrogen-bond acceptors (Lipinski definition) is 3. The van der Waals surface area contributed by atoms with E-state index in [1.165, 1.54) is 0 Å². The zero-order valence-electron chi connectivity index (χ0n) is 14.7. The fraction of sp³-hybridized carbons (Fsp3) is 0.143. The number of aryl methyl sites for hydroxylation is 1. The molecule has 4 rings (SSSR count). The van der Waals surface area contributed by atoms with Crippen molar-refractivity contribution in [3.05, 3.63) is 77.3 Å². The highest BCUT2D eigenvalue weighted by molar-refractivity contribution is 5.90. The summed E-state index contributed by atoms with van der Waals surface area (Å²) in [5.74, 6) is 1.49. The van der Waals surface area contributed by atoms with Crippen molar-refractivity contribution in [3.63, 3.8) is 0 Å². The number of H-pyrrole nitrogens is 1. The van der Waals surface area contributed by atoms with Gasteiger partial charge in [-0.1, -0.05) is 12.1 Å². The maximum Gasteiger partial charge on any atom is 0.149 e. The molecule has 0 atom stereocenters. The second kappa shape index (κ2) is 6.41. The minimum Gasteiger partial charge on any atom is -0.467 e. The SMILES string of the molecule is Cc1cc(C=C(C#N)c2nc3ccccc3[nH]2)c(C)n1Cc1ccco1. The Bertz CT molecular complexity index is 1100. The van der Waals surface area contributed by atoms with Gasteiger partial charge in [0.1, 0.15) is 17.7 Å². The number of furan rings is 1. The second-order valence-corrected chi connectivity index (χ2v) is 6.26. The standard InChI is InChI=1S/C21H18N4O/c1-14-10-16(15(2)25(14)13-18-6-5-9-26-18)11-17(12-22)21-23-19-7-3-4-8-20(19)24-21/h3-11H,13H2,1-2H3,(H,23,24). The van der Waals surface area contributed by atoms with Crippen LogP contribution in [0, 0.1) is 25.2 Å². The molecule has 1 aromatic carbocycles. The Kier molecular flexibility index (Phi) is 3.94. The van der Waals surface area contributed by atoms with E-state index in [0.717, 1.165) is 33.7 Å². The molecule has 0 amide bonds. The normalized spacial score (nSPS) is 11.8. The van der Waals surface area contributed by atoms with Crippen molar-refractivity contribution in [3.8, 4) is 6.07 Å². The molecule has 0 saturated heterocycles. The fourth-order valence-corrected chi connectivity index (χ4v) is 3.16. The van der Waals surface area contributed by atoms with Crippen LogP contribution in [0.3, 0.4) is 0 Å². The second-order valence-electron chi connectivity index (χ2n) is 6.26. The molecule has 0 fully saturated rings. The fourth-order valence-electron chi connectivity index (χ4n) is 3.16. The topological polar surface area (TPSA) is 70.5 Å². The number of allylic oxidation sites excluding steroid dienone is 1. The number of nitrogens with zero attached hydrogens (tertiary/aromatic N) is 3. The van der Waals surface area contributed by atoms with Gasteiger partial charge in [-0.15, -0.1) is 0 Å².